The lowest BCUT2D eigenvalue weighted by atomic mass is 9.91. The standard InChI is InChI=1S/C12H21NO2/c1-12(2)9-13(6-7-15-12)10-4-3-5-11(14)8-10/h10H,3-9H2,1-2H3. The van der Waals surface area contributed by atoms with Gasteiger partial charge in [-0.15, -0.1) is 0 Å². The van der Waals surface area contributed by atoms with Crippen LogP contribution in [0.15, 0.2) is 0 Å². The van der Waals surface area contributed by atoms with Crippen LogP contribution >= 0.6 is 0 Å². The van der Waals surface area contributed by atoms with Crippen molar-refractivity contribution in [2.75, 3.05) is 19.7 Å². The van der Waals surface area contributed by atoms with Crippen LogP contribution in [0.2, 0.25) is 0 Å². The molecule has 0 amide bonds. The fraction of sp³-hybridized carbons (Fsp3) is 0.917. The number of morpholine rings is 1. The van der Waals surface area contributed by atoms with Crippen molar-refractivity contribution in [2.45, 2.75) is 51.2 Å². The number of ether oxygens (including phenoxy) is 1. The van der Waals surface area contributed by atoms with E-state index in [0.29, 0.717) is 11.8 Å². The summed E-state index contributed by atoms with van der Waals surface area (Å²) in [7, 11) is 0. The van der Waals surface area contributed by atoms with Gasteiger partial charge in [0.2, 0.25) is 0 Å². The van der Waals surface area contributed by atoms with Crippen LogP contribution in [0.4, 0.5) is 0 Å². The molecule has 0 aromatic carbocycles. The first-order valence-electron chi connectivity index (χ1n) is 5.96. The van der Waals surface area contributed by atoms with E-state index in [2.05, 4.69) is 18.7 Å². The van der Waals surface area contributed by atoms with Gasteiger partial charge in [0, 0.05) is 32.0 Å². The Bertz CT molecular complexity index is 250. The number of carbonyl (C=O) groups is 1. The van der Waals surface area contributed by atoms with Crippen LogP contribution in [0.25, 0.3) is 0 Å². The minimum atomic E-state index is -0.0429. The lowest BCUT2D eigenvalue weighted by Crippen LogP contribution is -2.53. The third-order valence-electron chi connectivity index (χ3n) is 3.43. The first-order valence-corrected chi connectivity index (χ1v) is 5.96. The molecule has 2 rings (SSSR count). The zero-order chi connectivity index (χ0) is 10.9. The Hall–Kier alpha value is -0.410. The van der Waals surface area contributed by atoms with Gasteiger partial charge in [0.15, 0.2) is 0 Å². The smallest absolute Gasteiger partial charge is 0.134 e. The van der Waals surface area contributed by atoms with Crippen molar-refractivity contribution in [2.24, 2.45) is 0 Å². The molecule has 15 heavy (non-hydrogen) atoms. The average molecular weight is 211 g/mol. The number of ketones is 1. The largest absolute Gasteiger partial charge is 0.373 e. The summed E-state index contributed by atoms with van der Waals surface area (Å²) in [6.45, 7) is 7.01. The second kappa shape index (κ2) is 4.22. The second-order valence-electron chi connectivity index (χ2n) is 5.37. The molecule has 0 aromatic rings. The molecule has 2 aliphatic rings. The molecule has 3 nitrogen and oxygen atoms in total. The maximum atomic E-state index is 11.4. The summed E-state index contributed by atoms with van der Waals surface area (Å²) in [5.41, 5.74) is -0.0429. The zero-order valence-electron chi connectivity index (χ0n) is 9.79. The second-order valence-corrected chi connectivity index (χ2v) is 5.37. The highest BCUT2D eigenvalue weighted by molar-refractivity contribution is 5.79. The number of carbonyl (C=O) groups excluding carboxylic acids is 1. The summed E-state index contributed by atoms with van der Waals surface area (Å²) >= 11 is 0. The molecule has 2 fully saturated rings. The first-order chi connectivity index (χ1) is 7.07. The molecule has 1 heterocycles. The van der Waals surface area contributed by atoms with E-state index in [1.165, 1.54) is 6.42 Å². The summed E-state index contributed by atoms with van der Waals surface area (Å²) in [5.74, 6) is 0.440. The van der Waals surface area contributed by atoms with Crippen LogP contribution < -0.4 is 0 Å². The molecule has 1 saturated carbocycles. The summed E-state index contributed by atoms with van der Waals surface area (Å²) < 4.78 is 5.69. The van der Waals surface area contributed by atoms with Crippen LogP contribution in [0, 0.1) is 0 Å². The molecular weight excluding hydrogens is 190 g/mol. The number of nitrogens with zero attached hydrogens (tertiary/aromatic N) is 1. The van der Waals surface area contributed by atoms with E-state index >= 15 is 0 Å². The molecule has 1 aliphatic carbocycles. The maximum Gasteiger partial charge on any atom is 0.134 e. The van der Waals surface area contributed by atoms with Gasteiger partial charge in [0.05, 0.1) is 12.2 Å². The van der Waals surface area contributed by atoms with Crippen LogP contribution in [-0.2, 0) is 9.53 Å². The fourth-order valence-electron chi connectivity index (χ4n) is 2.68. The normalized spacial score (nSPS) is 32.9. The van der Waals surface area contributed by atoms with Crippen LogP contribution in [0.5, 0.6) is 0 Å². The molecule has 0 N–H and O–H groups in total. The van der Waals surface area contributed by atoms with Crippen molar-refractivity contribution >= 4 is 5.78 Å². The Labute approximate surface area is 91.8 Å². The molecule has 0 aromatic heterocycles. The van der Waals surface area contributed by atoms with Gasteiger partial charge < -0.3 is 4.74 Å². The monoisotopic (exact) mass is 211 g/mol. The van der Waals surface area contributed by atoms with Gasteiger partial charge in [-0.3, -0.25) is 9.69 Å². The number of rotatable bonds is 1. The highest BCUT2D eigenvalue weighted by atomic mass is 16.5. The van der Waals surface area contributed by atoms with Crippen LogP contribution in [0.3, 0.4) is 0 Å². The van der Waals surface area contributed by atoms with Gasteiger partial charge in [0.1, 0.15) is 5.78 Å². The first kappa shape index (κ1) is 11.1. The van der Waals surface area contributed by atoms with Crippen molar-refractivity contribution in [3.05, 3.63) is 0 Å². The average Bonchev–Trinajstić information content (AvgIpc) is 2.16. The molecule has 0 radical (unpaired) electrons. The van der Waals surface area contributed by atoms with Crippen molar-refractivity contribution in [1.82, 2.24) is 4.90 Å². The number of hydrogen-bond acceptors (Lipinski definition) is 3. The lowest BCUT2D eigenvalue weighted by Gasteiger charge is -2.43. The van der Waals surface area contributed by atoms with E-state index < -0.39 is 0 Å². The Morgan fingerprint density at radius 1 is 1.47 bits per heavy atom. The Morgan fingerprint density at radius 3 is 2.93 bits per heavy atom. The molecule has 86 valence electrons. The molecule has 1 atom stereocenters. The predicted molar refractivity (Wildman–Crippen MR) is 58.9 cm³/mol. The SMILES string of the molecule is CC1(C)CN(C2CCCC(=O)C2)CCO1. The van der Waals surface area contributed by atoms with Gasteiger partial charge in [-0.2, -0.15) is 0 Å². The van der Waals surface area contributed by atoms with Gasteiger partial charge in [-0.25, -0.2) is 0 Å². The molecule has 1 unspecified atom stereocenters. The zero-order valence-corrected chi connectivity index (χ0v) is 9.79. The summed E-state index contributed by atoms with van der Waals surface area (Å²) in [4.78, 5) is 13.9. The van der Waals surface area contributed by atoms with E-state index in [-0.39, 0.29) is 5.60 Å². The van der Waals surface area contributed by atoms with Gasteiger partial charge in [0.25, 0.3) is 0 Å². The quantitative estimate of drug-likeness (QED) is 0.660. The van der Waals surface area contributed by atoms with Gasteiger partial charge in [-0.05, 0) is 26.7 Å². The van der Waals surface area contributed by atoms with E-state index in [9.17, 15) is 4.79 Å². The van der Waals surface area contributed by atoms with Crippen molar-refractivity contribution in [3.63, 3.8) is 0 Å². The lowest BCUT2D eigenvalue weighted by molar-refractivity contribution is -0.127. The third kappa shape index (κ3) is 2.79. The van der Waals surface area contributed by atoms with E-state index in [1.807, 2.05) is 0 Å². The summed E-state index contributed by atoms with van der Waals surface area (Å²) in [5, 5.41) is 0. The van der Waals surface area contributed by atoms with E-state index in [1.54, 1.807) is 0 Å². The number of hydrogen-bond donors (Lipinski definition) is 0. The topological polar surface area (TPSA) is 29.5 Å². The van der Waals surface area contributed by atoms with Gasteiger partial charge in [-0.1, -0.05) is 0 Å². The Balaban J connectivity index is 1.94. The molecule has 0 spiro atoms. The van der Waals surface area contributed by atoms with Crippen molar-refractivity contribution < 1.29 is 9.53 Å². The summed E-state index contributed by atoms with van der Waals surface area (Å²) in [6.07, 6.45) is 3.81. The minimum Gasteiger partial charge on any atom is -0.373 e. The Kier molecular flexibility index (Phi) is 3.12. The molecule has 1 saturated heterocycles. The van der Waals surface area contributed by atoms with Crippen LogP contribution in [0.1, 0.15) is 39.5 Å². The predicted octanol–water partition coefficient (Wildman–Crippen LogP) is 1.61. The fourth-order valence-corrected chi connectivity index (χ4v) is 2.68. The maximum absolute atomic E-state index is 11.4. The molecule has 3 heteroatoms. The highest BCUT2D eigenvalue weighted by Crippen LogP contribution is 2.25. The van der Waals surface area contributed by atoms with Gasteiger partial charge >= 0.3 is 0 Å². The van der Waals surface area contributed by atoms with E-state index in [4.69, 9.17) is 4.74 Å². The van der Waals surface area contributed by atoms with Crippen LogP contribution in [-0.4, -0.2) is 42.0 Å². The molecule has 0 bridgehead atoms. The highest BCUT2D eigenvalue weighted by Gasteiger charge is 2.33. The number of Topliss-reactive ketones (excluding diaryl/α,β-unsaturated/α-hetero) is 1. The third-order valence-corrected chi connectivity index (χ3v) is 3.43. The summed E-state index contributed by atoms with van der Waals surface area (Å²) in [6, 6.07) is 0.481. The van der Waals surface area contributed by atoms with Crippen molar-refractivity contribution in [3.8, 4) is 0 Å². The minimum absolute atomic E-state index is 0.0429. The molecule has 1 aliphatic heterocycles. The molecular formula is C12H21NO2. The Morgan fingerprint density at radius 2 is 2.27 bits per heavy atom. The van der Waals surface area contributed by atoms with Crippen molar-refractivity contribution in [1.29, 1.82) is 0 Å². The van der Waals surface area contributed by atoms with E-state index in [0.717, 1.165) is 39.0 Å².